The molecule has 28 heavy (non-hydrogen) atoms. The van der Waals surface area contributed by atoms with Gasteiger partial charge in [0, 0.05) is 24.7 Å². The molecule has 4 rings (SSSR count). The van der Waals surface area contributed by atoms with Crippen LogP contribution < -0.4 is 0 Å². The number of hydrogen-bond donors (Lipinski definition) is 2. The van der Waals surface area contributed by atoms with Gasteiger partial charge in [-0.15, -0.1) is 0 Å². The van der Waals surface area contributed by atoms with Crippen LogP contribution in [0.5, 0.6) is 0 Å². The first-order valence-corrected chi connectivity index (χ1v) is 9.86. The van der Waals surface area contributed by atoms with Gasteiger partial charge in [-0.3, -0.25) is 14.5 Å². The lowest BCUT2D eigenvalue weighted by Gasteiger charge is -2.40. The maximum Gasteiger partial charge on any atom is 0.290 e. The average molecular weight is 385 g/mol. The summed E-state index contributed by atoms with van der Waals surface area (Å²) in [5.74, 6) is 0.896. The molecule has 1 amide bonds. The smallest absolute Gasteiger partial charge is 0.290 e. The number of aliphatic hydroxyl groups excluding tert-OH is 1. The zero-order chi connectivity index (χ0) is 20.1. The molecule has 2 heterocycles. The molecule has 2 saturated heterocycles. The number of carbonyl (C=O) groups excluding carboxylic acids is 1. The number of likely N-dealkylation sites (tertiary alicyclic amines) is 2. The summed E-state index contributed by atoms with van der Waals surface area (Å²) in [6, 6.07) is 9.30. The van der Waals surface area contributed by atoms with E-state index >= 15 is 0 Å². The Morgan fingerprint density at radius 2 is 1.82 bits per heavy atom. The standard InChI is InChI=1S/C20H25N3O2.CH2O2/c21-11-14-4-3-5-15(8-14)20(25)23-12-16-9-18(22-6-1-2-7-22)19(24)10-17(16)13-23;2-1-3/h3-5,8,16-19,24H,1-2,6-7,9-10,12-13H2;1H,(H,2,3)/t16-,17+,18-,19-;/m1./s1. The topological polar surface area (TPSA) is 105 Å². The summed E-state index contributed by atoms with van der Waals surface area (Å²) in [6.45, 7) is 3.45. The molecule has 2 aliphatic heterocycles. The number of carboxylic acid groups (broad SMARTS) is 1. The summed E-state index contributed by atoms with van der Waals surface area (Å²) < 4.78 is 0. The third kappa shape index (κ3) is 4.34. The van der Waals surface area contributed by atoms with E-state index in [0.29, 0.717) is 23.0 Å². The van der Waals surface area contributed by atoms with Crippen molar-refractivity contribution in [3.05, 3.63) is 35.4 Å². The molecule has 4 atom stereocenters. The van der Waals surface area contributed by atoms with E-state index in [1.54, 1.807) is 24.3 Å². The predicted octanol–water partition coefficient (Wildman–Crippen LogP) is 1.57. The number of carbonyl (C=O) groups is 2. The van der Waals surface area contributed by atoms with Crippen molar-refractivity contribution in [3.63, 3.8) is 0 Å². The highest BCUT2D eigenvalue weighted by atomic mass is 16.3. The van der Waals surface area contributed by atoms with E-state index in [1.165, 1.54) is 12.8 Å². The molecule has 2 N–H and O–H groups in total. The van der Waals surface area contributed by atoms with Gasteiger partial charge in [-0.2, -0.15) is 5.26 Å². The number of nitrogens with zero attached hydrogens (tertiary/aromatic N) is 3. The molecule has 3 aliphatic rings. The minimum absolute atomic E-state index is 0.0127. The lowest BCUT2D eigenvalue weighted by atomic mass is 9.77. The van der Waals surface area contributed by atoms with Crippen LogP contribution in [0.3, 0.4) is 0 Å². The first kappa shape index (κ1) is 20.3. The van der Waals surface area contributed by atoms with E-state index in [9.17, 15) is 9.90 Å². The maximum atomic E-state index is 12.8. The summed E-state index contributed by atoms with van der Waals surface area (Å²) in [4.78, 5) is 25.6. The SMILES string of the molecule is N#Cc1cccc(C(=O)N2C[C@H]3C[C@@H](N4CCCC4)[C@H](O)C[C@H]3C2)c1.O=CO. The third-order valence-corrected chi connectivity index (χ3v) is 6.24. The molecule has 3 fully saturated rings. The van der Waals surface area contributed by atoms with Gasteiger partial charge in [-0.25, -0.2) is 0 Å². The van der Waals surface area contributed by atoms with Crippen LogP contribution in [-0.2, 0) is 4.79 Å². The van der Waals surface area contributed by atoms with Crippen LogP contribution in [0.4, 0.5) is 0 Å². The Kier molecular flexibility index (Phi) is 6.65. The summed E-state index contributed by atoms with van der Waals surface area (Å²) in [5.41, 5.74) is 1.11. The number of amides is 1. The number of hydrogen-bond acceptors (Lipinski definition) is 5. The largest absolute Gasteiger partial charge is 0.483 e. The van der Waals surface area contributed by atoms with Crippen molar-refractivity contribution in [2.45, 2.75) is 37.8 Å². The first-order chi connectivity index (χ1) is 13.6. The van der Waals surface area contributed by atoms with E-state index in [2.05, 4.69) is 11.0 Å². The molecule has 7 heteroatoms. The summed E-state index contributed by atoms with van der Waals surface area (Å²) in [5, 5.41) is 26.5. The lowest BCUT2D eigenvalue weighted by Crippen LogP contribution is -2.48. The molecule has 0 aromatic heterocycles. The highest BCUT2D eigenvalue weighted by Crippen LogP contribution is 2.39. The summed E-state index contributed by atoms with van der Waals surface area (Å²) in [6.07, 6.45) is 3.99. The van der Waals surface area contributed by atoms with Crippen molar-refractivity contribution >= 4 is 12.4 Å². The average Bonchev–Trinajstić information content (AvgIpc) is 3.37. The number of rotatable bonds is 2. The second kappa shape index (κ2) is 9.18. The van der Waals surface area contributed by atoms with Gasteiger partial charge in [-0.05, 0) is 68.8 Å². The normalized spacial score (nSPS) is 29.4. The van der Waals surface area contributed by atoms with E-state index in [1.807, 2.05) is 4.90 Å². The quantitative estimate of drug-likeness (QED) is 0.749. The van der Waals surface area contributed by atoms with Gasteiger partial charge < -0.3 is 15.1 Å². The van der Waals surface area contributed by atoms with E-state index in [0.717, 1.165) is 39.0 Å². The molecule has 1 aliphatic carbocycles. The van der Waals surface area contributed by atoms with E-state index in [4.69, 9.17) is 15.2 Å². The first-order valence-electron chi connectivity index (χ1n) is 9.86. The van der Waals surface area contributed by atoms with Crippen LogP contribution in [0.15, 0.2) is 24.3 Å². The minimum Gasteiger partial charge on any atom is -0.483 e. The Morgan fingerprint density at radius 3 is 2.46 bits per heavy atom. The highest BCUT2D eigenvalue weighted by Gasteiger charge is 2.44. The van der Waals surface area contributed by atoms with Crippen molar-refractivity contribution in [1.29, 1.82) is 5.26 Å². The number of fused-ring (bicyclic) bond motifs is 1. The molecule has 1 saturated carbocycles. The Hall–Kier alpha value is -2.43. The Morgan fingerprint density at radius 1 is 1.18 bits per heavy atom. The summed E-state index contributed by atoms with van der Waals surface area (Å²) >= 11 is 0. The fourth-order valence-corrected chi connectivity index (χ4v) is 4.94. The van der Waals surface area contributed by atoms with Crippen LogP contribution in [0.25, 0.3) is 0 Å². The molecule has 7 nitrogen and oxygen atoms in total. The van der Waals surface area contributed by atoms with Crippen LogP contribution in [0, 0.1) is 23.2 Å². The van der Waals surface area contributed by atoms with Gasteiger partial charge in [0.05, 0.1) is 17.7 Å². The van der Waals surface area contributed by atoms with Gasteiger partial charge in [0.2, 0.25) is 0 Å². The monoisotopic (exact) mass is 385 g/mol. The van der Waals surface area contributed by atoms with Crippen LogP contribution >= 0.6 is 0 Å². The van der Waals surface area contributed by atoms with Crippen molar-refractivity contribution in [2.24, 2.45) is 11.8 Å². The highest BCUT2D eigenvalue weighted by molar-refractivity contribution is 5.94. The lowest BCUT2D eigenvalue weighted by molar-refractivity contribution is -0.122. The number of aliphatic hydroxyl groups is 1. The van der Waals surface area contributed by atoms with Gasteiger partial charge in [0.1, 0.15) is 0 Å². The number of nitriles is 1. The fourth-order valence-electron chi connectivity index (χ4n) is 4.94. The van der Waals surface area contributed by atoms with Crippen molar-refractivity contribution < 1.29 is 19.8 Å². The second-order valence-corrected chi connectivity index (χ2v) is 7.88. The van der Waals surface area contributed by atoms with Crippen LogP contribution in [0.2, 0.25) is 0 Å². The van der Waals surface area contributed by atoms with Gasteiger partial charge in [0.25, 0.3) is 12.4 Å². The van der Waals surface area contributed by atoms with Gasteiger partial charge in [0.15, 0.2) is 0 Å². The zero-order valence-corrected chi connectivity index (χ0v) is 15.9. The van der Waals surface area contributed by atoms with E-state index in [-0.39, 0.29) is 24.5 Å². The molecule has 0 unspecified atom stereocenters. The van der Waals surface area contributed by atoms with Gasteiger partial charge in [-0.1, -0.05) is 6.07 Å². The molecule has 0 radical (unpaired) electrons. The van der Waals surface area contributed by atoms with Crippen molar-refractivity contribution in [3.8, 4) is 6.07 Å². The summed E-state index contributed by atoms with van der Waals surface area (Å²) in [7, 11) is 0. The Labute approximate surface area is 165 Å². The molecule has 0 spiro atoms. The Bertz CT molecular complexity index is 741. The number of benzene rings is 1. The predicted molar refractivity (Wildman–Crippen MR) is 103 cm³/mol. The maximum absolute atomic E-state index is 12.8. The van der Waals surface area contributed by atoms with Gasteiger partial charge >= 0.3 is 0 Å². The van der Waals surface area contributed by atoms with E-state index < -0.39 is 0 Å². The van der Waals surface area contributed by atoms with Crippen molar-refractivity contribution in [1.82, 2.24) is 9.80 Å². The zero-order valence-electron chi connectivity index (χ0n) is 15.9. The molecule has 1 aromatic carbocycles. The Balaban J connectivity index is 0.000000706. The fraction of sp³-hybridized carbons (Fsp3) is 0.571. The molecular weight excluding hydrogens is 358 g/mol. The minimum atomic E-state index is -0.267. The van der Waals surface area contributed by atoms with Crippen LogP contribution in [0.1, 0.15) is 41.6 Å². The van der Waals surface area contributed by atoms with Crippen LogP contribution in [-0.4, -0.2) is 70.7 Å². The second-order valence-electron chi connectivity index (χ2n) is 7.88. The molecule has 0 bridgehead atoms. The molecule has 150 valence electrons. The third-order valence-electron chi connectivity index (χ3n) is 6.24. The molecule has 1 aromatic rings. The molecular formula is C21H27N3O4. The van der Waals surface area contributed by atoms with Crippen molar-refractivity contribution in [2.75, 3.05) is 26.2 Å².